The SMILES string of the molecule is CN(Cc1ccoc1)c1c(F)cccc1CN. The molecule has 0 aliphatic heterocycles. The second-order valence-corrected chi connectivity index (χ2v) is 3.94. The van der Waals surface area contributed by atoms with Crippen molar-refractivity contribution in [1.29, 1.82) is 0 Å². The summed E-state index contributed by atoms with van der Waals surface area (Å²) in [5, 5.41) is 0. The van der Waals surface area contributed by atoms with Crippen molar-refractivity contribution in [3.63, 3.8) is 0 Å². The Hall–Kier alpha value is -1.81. The minimum Gasteiger partial charge on any atom is -0.472 e. The quantitative estimate of drug-likeness (QED) is 0.883. The molecule has 0 spiro atoms. The average molecular weight is 234 g/mol. The van der Waals surface area contributed by atoms with Gasteiger partial charge in [-0.3, -0.25) is 0 Å². The lowest BCUT2D eigenvalue weighted by atomic mass is 10.1. The predicted octanol–water partition coefficient (Wildman–Crippen LogP) is 2.51. The molecule has 17 heavy (non-hydrogen) atoms. The number of furan rings is 1. The van der Waals surface area contributed by atoms with Crippen LogP contribution in [0.2, 0.25) is 0 Å². The van der Waals surface area contributed by atoms with Crippen molar-refractivity contribution in [2.75, 3.05) is 11.9 Å². The van der Waals surface area contributed by atoms with E-state index in [4.69, 9.17) is 10.2 Å². The first kappa shape index (κ1) is 11.7. The standard InChI is InChI=1S/C13H15FN2O/c1-16(8-10-5-6-17-9-10)13-11(7-15)3-2-4-12(13)14/h2-6,9H,7-8,15H2,1H3. The van der Waals surface area contributed by atoms with E-state index < -0.39 is 0 Å². The second kappa shape index (κ2) is 5.01. The number of para-hydroxylation sites is 1. The molecule has 0 atom stereocenters. The highest BCUT2D eigenvalue weighted by Crippen LogP contribution is 2.24. The van der Waals surface area contributed by atoms with Gasteiger partial charge in [-0.25, -0.2) is 4.39 Å². The first-order valence-corrected chi connectivity index (χ1v) is 5.42. The van der Waals surface area contributed by atoms with Crippen molar-refractivity contribution in [3.05, 3.63) is 53.7 Å². The number of anilines is 1. The molecule has 3 nitrogen and oxygen atoms in total. The molecule has 90 valence electrons. The maximum atomic E-state index is 13.8. The Kier molecular flexibility index (Phi) is 3.44. The molecule has 0 amide bonds. The van der Waals surface area contributed by atoms with Crippen LogP contribution in [0.1, 0.15) is 11.1 Å². The number of nitrogens with two attached hydrogens (primary N) is 1. The number of benzene rings is 1. The van der Waals surface area contributed by atoms with Crippen LogP contribution in [0.25, 0.3) is 0 Å². The van der Waals surface area contributed by atoms with Gasteiger partial charge in [0.1, 0.15) is 5.82 Å². The van der Waals surface area contributed by atoms with Crippen molar-refractivity contribution < 1.29 is 8.81 Å². The van der Waals surface area contributed by atoms with Gasteiger partial charge in [0.25, 0.3) is 0 Å². The third-order valence-corrected chi connectivity index (χ3v) is 2.67. The molecule has 4 heteroatoms. The van der Waals surface area contributed by atoms with E-state index in [1.807, 2.05) is 24.1 Å². The third-order valence-electron chi connectivity index (χ3n) is 2.67. The predicted molar refractivity (Wildman–Crippen MR) is 65.1 cm³/mol. The normalized spacial score (nSPS) is 10.5. The molecule has 2 N–H and O–H groups in total. The number of hydrogen-bond donors (Lipinski definition) is 1. The monoisotopic (exact) mass is 234 g/mol. The van der Waals surface area contributed by atoms with Crippen LogP contribution in [0.4, 0.5) is 10.1 Å². The van der Waals surface area contributed by atoms with Crippen molar-refractivity contribution in [3.8, 4) is 0 Å². The Morgan fingerprint density at radius 2 is 2.18 bits per heavy atom. The molecule has 1 aromatic heterocycles. The van der Waals surface area contributed by atoms with Crippen LogP contribution in [0, 0.1) is 5.82 Å². The Balaban J connectivity index is 2.26. The fraction of sp³-hybridized carbons (Fsp3) is 0.231. The van der Waals surface area contributed by atoms with Crippen LogP contribution in [0.5, 0.6) is 0 Å². The van der Waals surface area contributed by atoms with E-state index in [0.29, 0.717) is 18.8 Å². The van der Waals surface area contributed by atoms with E-state index in [2.05, 4.69) is 0 Å². The Morgan fingerprint density at radius 3 is 2.82 bits per heavy atom. The van der Waals surface area contributed by atoms with Gasteiger partial charge >= 0.3 is 0 Å². The van der Waals surface area contributed by atoms with Gasteiger partial charge in [-0.05, 0) is 17.7 Å². The largest absolute Gasteiger partial charge is 0.472 e. The summed E-state index contributed by atoms with van der Waals surface area (Å²) < 4.78 is 18.8. The summed E-state index contributed by atoms with van der Waals surface area (Å²) in [5.74, 6) is -0.251. The van der Waals surface area contributed by atoms with Gasteiger partial charge in [0.15, 0.2) is 0 Å². The number of hydrogen-bond acceptors (Lipinski definition) is 3. The van der Waals surface area contributed by atoms with Gasteiger partial charge in [0, 0.05) is 25.7 Å². The topological polar surface area (TPSA) is 42.4 Å². The van der Waals surface area contributed by atoms with E-state index in [9.17, 15) is 4.39 Å². The summed E-state index contributed by atoms with van der Waals surface area (Å²) >= 11 is 0. The van der Waals surface area contributed by atoms with Crippen LogP contribution < -0.4 is 10.6 Å². The molecule has 0 fully saturated rings. The Labute approximate surface area is 99.6 Å². The highest BCUT2D eigenvalue weighted by Gasteiger charge is 2.12. The van der Waals surface area contributed by atoms with Crippen LogP contribution in [-0.2, 0) is 13.1 Å². The van der Waals surface area contributed by atoms with Crippen molar-refractivity contribution in [1.82, 2.24) is 0 Å². The summed E-state index contributed by atoms with van der Waals surface area (Å²) in [6.45, 7) is 0.910. The Bertz CT molecular complexity index is 482. The summed E-state index contributed by atoms with van der Waals surface area (Å²) in [7, 11) is 1.84. The summed E-state index contributed by atoms with van der Waals surface area (Å²) in [6, 6.07) is 6.82. The lowest BCUT2D eigenvalue weighted by Gasteiger charge is -2.22. The molecule has 0 saturated carbocycles. The Morgan fingerprint density at radius 1 is 1.35 bits per heavy atom. The zero-order chi connectivity index (χ0) is 12.3. The molecule has 0 bridgehead atoms. The molecule has 2 rings (SSSR count). The zero-order valence-electron chi connectivity index (χ0n) is 9.69. The van der Waals surface area contributed by atoms with Gasteiger partial charge in [-0.1, -0.05) is 12.1 Å². The third kappa shape index (κ3) is 2.47. The van der Waals surface area contributed by atoms with E-state index in [1.54, 1.807) is 18.6 Å². The number of nitrogens with zero attached hydrogens (tertiary/aromatic N) is 1. The molecule has 0 saturated heterocycles. The fourth-order valence-corrected chi connectivity index (χ4v) is 1.89. The molecule has 0 unspecified atom stereocenters. The van der Waals surface area contributed by atoms with Crippen LogP contribution in [0.3, 0.4) is 0 Å². The fourth-order valence-electron chi connectivity index (χ4n) is 1.89. The lowest BCUT2D eigenvalue weighted by Crippen LogP contribution is -2.20. The number of rotatable bonds is 4. The maximum absolute atomic E-state index is 13.8. The molecule has 0 aliphatic carbocycles. The molecular weight excluding hydrogens is 219 g/mol. The van der Waals surface area contributed by atoms with Crippen molar-refractivity contribution in [2.45, 2.75) is 13.1 Å². The average Bonchev–Trinajstić information content (AvgIpc) is 2.81. The van der Waals surface area contributed by atoms with E-state index in [1.165, 1.54) is 6.07 Å². The molecule has 0 radical (unpaired) electrons. The summed E-state index contributed by atoms with van der Waals surface area (Å²) in [4.78, 5) is 1.84. The smallest absolute Gasteiger partial charge is 0.146 e. The highest BCUT2D eigenvalue weighted by atomic mass is 19.1. The molecule has 0 aliphatic rings. The zero-order valence-corrected chi connectivity index (χ0v) is 9.69. The van der Waals surface area contributed by atoms with Gasteiger partial charge in [0.05, 0.1) is 18.2 Å². The molecule has 1 aromatic carbocycles. The lowest BCUT2D eigenvalue weighted by molar-refractivity contribution is 0.563. The highest BCUT2D eigenvalue weighted by molar-refractivity contribution is 5.54. The maximum Gasteiger partial charge on any atom is 0.146 e. The number of halogens is 1. The molecular formula is C13H15FN2O. The first-order chi connectivity index (χ1) is 8.22. The van der Waals surface area contributed by atoms with E-state index in [0.717, 1.165) is 11.1 Å². The minimum absolute atomic E-state index is 0.251. The van der Waals surface area contributed by atoms with Gasteiger partial charge < -0.3 is 15.1 Å². The summed E-state index contributed by atoms with van der Waals surface area (Å²) in [6.07, 6.45) is 3.26. The summed E-state index contributed by atoms with van der Waals surface area (Å²) in [5.41, 5.74) is 7.97. The van der Waals surface area contributed by atoms with Gasteiger partial charge in [0.2, 0.25) is 0 Å². The van der Waals surface area contributed by atoms with Crippen molar-refractivity contribution >= 4 is 5.69 Å². The molecule has 2 aromatic rings. The van der Waals surface area contributed by atoms with Crippen LogP contribution in [0.15, 0.2) is 41.2 Å². The first-order valence-electron chi connectivity index (χ1n) is 5.42. The van der Waals surface area contributed by atoms with E-state index >= 15 is 0 Å². The van der Waals surface area contributed by atoms with Gasteiger partial charge in [-0.15, -0.1) is 0 Å². The van der Waals surface area contributed by atoms with Crippen molar-refractivity contribution in [2.24, 2.45) is 5.73 Å². The minimum atomic E-state index is -0.251. The second-order valence-electron chi connectivity index (χ2n) is 3.94. The molecule has 1 heterocycles. The van der Waals surface area contributed by atoms with Crippen LogP contribution >= 0.6 is 0 Å². The van der Waals surface area contributed by atoms with Crippen LogP contribution in [-0.4, -0.2) is 7.05 Å². The van der Waals surface area contributed by atoms with E-state index in [-0.39, 0.29) is 5.82 Å². The van der Waals surface area contributed by atoms with Gasteiger partial charge in [-0.2, -0.15) is 0 Å².